The lowest BCUT2D eigenvalue weighted by atomic mass is 10.1. The lowest BCUT2D eigenvalue weighted by Gasteiger charge is -2.10. The molecular formula is C15H16N2O. The Morgan fingerprint density at radius 2 is 2.00 bits per heavy atom. The Kier molecular flexibility index (Phi) is 4.16. The maximum Gasteiger partial charge on any atom is 0.119 e. The highest BCUT2D eigenvalue weighted by Gasteiger charge is 2.04. The van der Waals surface area contributed by atoms with E-state index < -0.39 is 0 Å². The Morgan fingerprint density at radius 1 is 1.22 bits per heavy atom. The minimum Gasteiger partial charge on any atom is -0.493 e. The minimum absolute atomic E-state index is 0.148. The molecule has 2 rings (SSSR count). The zero-order chi connectivity index (χ0) is 12.8. The van der Waals surface area contributed by atoms with E-state index in [9.17, 15) is 0 Å². The molecule has 0 fully saturated rings. The molecule has 0 heterocycles. The first-order valence-electron chi connectivity index (χ1n) is 6.02. The van der Waals surface area contributed by atoms with Gasteiger partial charge in [0, 0.05) is 6.42 Å². The summed E-state index contributed by atoms with van der Waals surface area (Å²) < 4.78 is 5.66. The van der Waals surface area contributed by atoms with Crippen molar-refractivity contribution in [2.45, 2.75) is 12.5 Å². The molecule has 0 aliphatic carbocycles. The summed E-state index contributed by atoms with van der Waals surface area (Å²) in [4.78, 5) is 0. The summed E-state index contributed by atoms with van der Waals surface area (Å²) in [6, 6.07) is 16.2. The smallest absolute Gasteiger partial charge is 0.119 e. The molecule has 18 heavy (non-hydrogen) atoms. The van der Waals surface area contributed by atoms with Crippen LogP contribution in [0.3, 0.4) is 0 Å². The van der Waals surface area contributed by atoms with Gasteiger partial charge in [0.2, 0.25) is 0 Å². The van der Waals surface area contributed by atoms with Gasteiger partial charge in [0.15, 0.2) is 0 Å². The van der Waals surface area contributed by atoms with Crippen LogP contribution >= 0.6 is 0 Å². The minimum atomic E-state index is -0.148. The van der Waals surface area contributed by atoms with Crippen LogP contribution in [0.5, 0.6) is 5.75 Å². The van der Waals surface area contributed by atoms with Crippen LogP contribution in [0.25, 0.3) is 10.8 Å². The molecule has 0 spiro atoms. The predicted molar refractivity (Wildman–Crippen MR) is 72.5 cm³/mol. The Balaban J connectivity index is 1.98. The molecule has 1 N–H and O–H groups in total. The van der Waals surface area contributed by atoms with Gasteiger partial charge in [-0.2, -0.15) is 5.26 Å². The largest absolute Gasteiger partial charge is 0.493 e. The first-order chi connectivity index (χ1) is 8.83. The van der Waals surface area contributed by atoms with E-state index in [1.165, 1.54) is 10.8 Å². The first kappa shape index (κ1) is 12.4. The van der Waals surface area contributed by atoms with Crippen LogP contribution in [0.1, 0.15) is 6.42 Å². The normalized spacial score (nSPS) is 12.0. The second-order valence-corrected chi connectivity index (χ2v) is 4.12. The van der Waals surface area contributed by atoms with E-state index in [0.29, 0.717) is 13.0 Å². The molecular weight excluding hydrogens is 224 g/mol. The van der Waals surface area contributed by atoms with Crippen LogP contribution in [0.15, 0.2) is 42.5 Å². The van der Waals surface area contributed by atoms with E-state index in [0.717, 1.165) is 5.75 Å². The third kappa shape index (κ3) is 2.99. The summed E-state index contributed by atoms with van der Waals surface area (Å²) in [5.41, 5.74) is 0. The number of rotatable bonds is 5. The van der Waals surface area contributed by atoms with Gasteiger partial charge in [-0.25, -0.2) is 0 Å². The third-order valence-corrected chi connectivity index (χ3v) is 2.90. The number of fused-ring (bicyclic) bond motifs is 1. The van der Waals surface area contributed by atoms with E-state index in [4.69, 9.17) is 10.00 Å². The zero-order valence-electron chi connectivity index (χ0n) is 10.4. The fraction of sp³-hybridized carbons (Fsp3) is 0.267. The Bertz CT molecular complexity index is 560. The lowest BCUT2D eigenvalue weighted by Crippen LogP contribution is -2.25. The summed E-state index contributed by atoms with van der Waals surface area (Å²) in [7, 11) is 1.78. The summed E-state index contributed by atoms with van der Waals surface area (Å²) in [6.07, 6.45) is 0.680. The molecule has 0 aliphatic heterocycles. The molecule has 0 saturated carbocycles. The van der Waals surface area contributed by atoms with Gasteiger partial charge in [-0.15, -0.1) is 0 Å². The van der Waals surface area contributed by atoms with Crippen molar-refractivity contribution in [2.24, 2.45) is 0 Å². The number of nitrogens with zero attached hydrogens (tertiary/aromatic N) is 1. The summed E-state index contributed by atoms with van der Waals surface area (Å²) in [6.45, 7) is 0.539. The highest BCUT2D eigenvalue weighted by Crippen LogP contribution is 2.20. The van der Waals surface area contributed by atoms with Gasteiger partial charge < -0.3 is 10.1 Å². The fourth-order valence-corrected chi connectivity index (χ4v) is 1.83. The van der Waals surface area contributed by atoms with Crippen LogP contribution in [0, 0.1) is 11.3 Å². The zero-order valence-corrected chi connectivity index (χ0v) is 10.4. The molecule has 1 unspecified atom stereocenters. The topological polar surface area (TPSA) is 45.0 Å². The summed E-state index contributed by atoms with van der Waals surface area (Å²) in [5.74, 6) is 0.849. The van der Waals surface area contributed by atoms with Crippen molar-refractivity contribution in [1.29, 1.82) is 5.26 Å². The van der Waals surface area contributed by atoms with Crippen molar-refractivity contribution < 1.29 is 4.74 Å². The molecule has 0 bridgehead atoms. The standard InChI is InChI=1S/C15H16N2O/c1-17-14(11-16)8-9-18-15-7-6-12-4-2-3-5-13(12)10-15/h2-7,10,14,17H,8-9H2,1H3. The number of ether oxygens (including phenoxy) is 1. The summed E-state index contributed by atoms with van der Waals surface area (Å²) in [5, 5.41) is 14.1. The molecule has 2 aromatic rings. The molecule has 0 amide bonds. The number of nitriles is 1. The molecule has 2 aromatic carbocycles. The van der Waals surface area contributed by atoms with E-state index in [-0.39, 0.29) is 6.04 Å². The molecule has 1 atom stereocenters. The van der Waals surface area contributed by atoms with Gasteiger partial charge in [-0.1, -0.05) is 30.3 Å². The number of hydrogen-bond acceptors (Lipinski definition) is 3. The number of benzene rings is 2. The molecule has 0 saturated heterocycles. The average Bonchev–Trinajstić information content (AvgIpc) is 2.43. The van der Waals surface area contributed by atoms with E-state index in [1.54, 1.807) is 7.05 Å². The van der Waals surface area contributed by atoms with E-state index in [1.807, 2.05) is 30.3 Å². The molecule has 92 valence electrons. The second kappa shape index (κ2) is 6.04. The van der Waals surface area contributed by atoms with Crippen molar-refractivity contribution in [3.63, 3.8) is 0 Å². The van der Waals surface area contributed by atoms with Crippen molar-refractivity contribution in [3.8, 4) is 11.8 Å². The highest BCUT2D eigenvalue weighted by molar-refractivity contribution is 5.83. The Morgan fingerprint density at radius 3 is 2.72 bits per heavy atom. The number of hydrogen-bond donors (Lipinski definition) is 1. The van der Waals surface area contributed by atoms with Crippen LogP contribution in [0.2, 0.25) is 0 Å². The summed E-state index contributed by atoms with van der Waals surface area (Å²) >= 11 is 0. The van der Waals surface area contributed by atoms with Gasteiger partial charge in [0.05, 0.1) is 18.7 Å². The lowest BCUT2D eigenvalue weighted by molar-refractivity contribution is 0.300. The van der Waals surface area contributed by atoms with Gasteiger partial charge in [-0.3, -0.25) is 0 Å². The van der Waals surface area contributed by atoms with Crippen molar-refractivity contribution >= 4 is 10.8 Å². The van der Waals surface area contributed by atoms with Crippen LogP contribution in [-0.4, -0.2) is 19.7 Å². The fourth-order valence-electron chi connectivity index (χ4n) is 1.83. The van der Waals surface area contributed by atoms with Crippen molar-refractivity contribution in [3.05, 3.63) is 42.5 Å². The maximum atomic E-state index is 8.80. The van der Waals surface area contributed by atoms with Gasteiger partial charge in [0.1, 0.15) is 5.75 Å². The van der Waals surface area contributed by atoms with Gasteiger partial charge in [-0.05, 0) is 30.0 Å². The Hall–Kier alpha value is -2.05. The van der Waals surface area contributed by atoms with Crippen LogP contribution in [-0.2, 0) is 0 Å². The molecule has 0 aliphatic rings. The van der Waals surface area contributed by atoms with Crippen molar-refractivity contribution in [2.75, 3.05) is 13.7 Å². The molecule has 3 nitrogen and oxygen atoms in total. The molecule has 3 heteroatoms. The Labute approximate surface area is 107 Å². The van der Waals surface area contributed by atoms with E-state index >= 15 is 0 Å². The molecule has 0 aromatic heterocycles. The SMILES string of the molecule is CNC(C#N)CCOc1ccc2ccccc2c1. The van der Waals surface area contributed by atoms with Crippen LogP contribution < -0.4 is 10.1 Å². The molecule has 0 radical (unpaired) electrons. The maximum absolute atomic E-state index is 8.80. The van der Waals surface area contributed by atoms with E-state index in [2.05, 4.69) is 23.5 Å². The van der Waals surface area contributed by atoms with Crippen LogP contribution in [0.4, 0.5) is 0 Å². The second-order valence-electron chi connectivity index (χ2n) is 4.12. The predicted octanol–water partition coefficient (Wildman–Crippen LogP) is 2.72. The monoisotopic (exact) mass is 240 g/mol. The third-order valence-electron chi connectivity index (χ3n) is 2.90. The van der Waals surface area contributed by atoms with Gasteiger partial charge >= 0.3 is 0 Å². The quantitative estimate of drug-likeness (QED) is 0.874. The highest BCUT2D eigenvalue weighted by atomic mass is 16.5. The average molecular weight is 240 g/mol. The van der Waals surface area contributed by atoms with Gasteiger partial charge in [0.25, 0.3) is 0 Å². The first-order valence-corrected chi connectivity index (χ1v) is 6.02. The number of nitrogens with one attached hydrogen (secondary N) is 1. The van der Waals surface area contributed by atoms with Crippen molar-refractivity contribution in [1.82, 2.24) is 5.32 Å².